The Kier molecular flexibility index (Phi) is 4.95. The van der Waals surface area contributed by atoms with Crippen molar-refractivity contribution in [2.24, 2.45) is 0 Å². The summed E-state index contributed by atoms with van der Waals surface area (Å²) in [6.07, 6.45) is 0.851. The third-order valence-corrected chi connectivity index (χ3v) is 7.35. The van der Waals surface area contributed by atoms with Crippen LogP contribution in [0.1, 0.15) is 33.8 Å². The topological polar surface area (TPSA) is 66.5 Å². The van der Waals surface area contributed by atoms with Gasteiger partial charge in [0, 0.05) is 22.7 Å². The molecule has 0 bridgehead atoms. The van der Waals surface area contributed by atoms with Crippen LogP contribution in [0, 0.1) is 0 Å². The van der Waals surface area contributed by atoms with Gasteiger partial charge in [0.05, 0.1) is 10.9 Å². The Hall–Kier alpha value is -2.64. The van der Waals surface area contributed by atoms with Crippen molar-refractivity contribution in [1.29, 1.82) is 0 Å². The van der Waals surface area contributed by atoms with Crippen LogP contribution in [0.4, 0.5) is 5.69 Å². The minimum Gasteiger partial charge on any atom is -0.331 e. The fraction of sp³-hybridized carbons (Fsp3) is 0.190. The Bertz CT molecular complexity index is 1110. The molecule has 1 aliphatic rings. The highest BCUT2D eigenvalue weighted by atomic mass is 32.2. The van der Waals surface area contributed by atoms with Crippen molar-refractivity contribution in [3.63, 3.8) is 0 Å². The molecule has 1 atom stereocenters. The van der Waals surface area contributed by atoms with Crippen LogP contribution in [0.3, 0.4) is 0 Å². The van der Waals surface area contributed by atoms with Crippen molar-refractivity contribution >= 4 is 33.0 Å². The maximum Gasteiger partial charge on any atom is 0.261 e. The van der Waals surface area contributed by atoms with Gasteiger partial charge in [-0.05, 0) is 60.7 Å². The molecule has 2 aromatic carbocycles. The number of rotatable bonds is 4. The first-order valence-corrected chi connectivity index (χ1v) is 11.4. The second kappa shape index (κ2) is 7.41. The van der Waals surface area contributed by atoms with Crippen molar-refractivity contribution in [2.75, 3.05) is 11.3 Å². The molecular formula is C21H20N2O3S2. The van der Waals surface area contributed by atoms with Crippen LogP contribution in [0.2, 0.25) is 0 Å². The number of fused-ring (bicyclic) bond motifs is 1. The summed E-state index contributed by atoms with van der Waals surface area (Å²) in [6.45, 7) is 2.69. The SMILES string of the molecule is C[C@H]1c2ccsc2CCN1C(=O)c1cccc(NS(=O)(=O)c2ccccc2)c1. The molecule has 7 heteroatoms. The summed E-state index contributed by atoms with van der Waals surface area (Å²) in [5.41, 5.74) is 2.04. The van der Waals surface area contributed by atoms with E-state index in [1.807, 2.05) is 11.8 Å². The molecular weight excluding hydrogens is 392 g/mol. The maximum atomic E-state index is 13.1. The van der Waals surface area contributed by atoms with Crippen molar-refractivity contribution in [2.45, 2.75) is 24.3 Å². The Morgan fingerprint density at radius 3 is 2.68 bits per heavy atom. The molecule has 0 radical (unpaired) electrons. The lowest BCUT2D eigenvalue weighted by atomic mass is 10.0. The predicted molar refractivity (Wildman–Crippen MR) is 111 cm³/mol. The van der Waals surface area contributed by atoms with E-state index in [4.69, 9.17) is 0 Å². The molecule has 1 N–H and O–H groups in total. The summed E-state index contributed by atoms with van der Waals surface area (Å²) >= 11 is 1.73. The van der Waals surface area contributed by atoms with Gasteiger partial charge in [-0.15, -0.1) is 11.3 Å². The van der Waals surface area contributed by atoms with Gasteiger partial charge < -0.3 is 4.90 Å². The summed E-state index contributed by atoms with van der Waals surface area (Å²) in [5, 5.41) is 2.06. The summed E-state index contributed by atoms with van der Waals surface area (Å²) in [7, 11) is -3.70. The number of sulfonamides is 1. The number of hydrogen-bond donors (Lipinski definition) is 1. The molecule has 4 rings (SSSR count). The van der Waals surface area contributed by atoms with Gasteiger partial charge in [-0.3, -0.25) is 9.52 Å². The molecule has 0 saturated carbocycles. The van der Waals surface area contributed by atoms with Gasteiger partial charge in [-0.2, -0.15) is 0 Å². The Balaban J connectivity index is 1.57. The minimum absolute atomic E-state index is 0.00664. The molecule has 1 aliphatic heterocycles. The monoisotopic (exact) mass is 412 g/mol. The highest BCUT2D eigenvalue weighted by molar-refractivity contribution is 7.92. The first kappa shape index (κ1) is 18.7. The average molecular weight is 413 g/mol. The molecule has 28 heavy (non-hydrogen) atoms. The largest absolute Gasteiger partial charge is 0.331 e. The van der Waals surface area contributed by atoms with Gasteiger partial charge >= 0.3 is 0 Å². The van der Waals surface area contributed by atoms with Crippen LogP contribution in [0.5, 0.6) is 0 Å². The number of amides is 1. The zero-order valence-corrected chi connectivity index (χ0v) is 17.0. The predicted octanol–water partition coefficient (Wildman–Crippen LogP) is 4.31. The first-order valence-electron chi connectivity index (χ1n) is 9.01. The number of nitrogens with one attached hydrogen (secondary N) is 1. The molecule has 3 aromatic rings. The number of hydrogen-bond acceptors (Lipinski definition) is 4. The molecule has 0 unspecified atom stereocenters. The summed E-state index contributed by atoms with van der Waals surface area (Å²) in [4.78, 5) is 16.4. The number of nitrogens with zero attached hydrogens (tertiary/aromatic N) is 1. The number of benzene rings is 2. The quantitative estimate of drug-likeness (QED) is 0.694. The lowest BCUT2D eigenvalue weighted by Gasteiger charge is -2.33. The van der Waals surface area contributed by atoms with E-state index in [0.717, 1.165) is 6.42 Å². The lowest BCUT2D eigenvalue weighted by molar-refractivity contribution is 0.0679. The van der Waals surface area contributed by atoms with Crippen LogP contribution >= 0.6 is 11.3 Å². The van der Waals surface area contributed by atoms with Crippen LogP contribution < -0.4 is 4.72 Å². The van der Waals surface area contributed by atoms with E-state index in [2.05, 4.69) is 16.2 Å². The molecule has 2 heterocycles. The van der Waals surface area contributed by atoms with Gasteiger partial charge in [0.2, 0.25) is 0 Å². The van der Waals surface area contributed by atoms with E-state index in [9.17, 15) is 13.2 Å². The van der Waals surface area contributed by atoms with Gasteiger partial charge in [0.15, 0.2) is 0 Å². The van der Waals surface area contributed by atoms with Crippen LogP contribution in [-0.2, 0) is 16.4 Å². The number of thiophene rings is 1. The maximum absolute atomic E-state index is 13.1. The number of carbonyl (C=O) groups is 1. The van der Waals surface area contributed by atoms with E-state index in [1.54, 1.807) is 53.8 Å². The van der Waals surface area contributed by atoms with Gasteiger partial charge in [0.1, 0.15) is 0 Å². The molecule has 1 aromatic heterocycles. The average Bonchev–Trinajstić information content (AvgIpc) is 3.18. The molecule has 5 nitrogen and oxygen atoms in total. The number of anilines is 1. The molecule has 0 saturated heterocycles. The van der Waals surface area contributed by atoms with Crippen molar-refractivity contribution < 1.29 is 13.2 Å². The van der Waals surface area contributed by atoms with E-state index < -0.39 is 10.0 Å². The van der Waals surface area contributed by atoms with Gasteiger partial charge in [0.25, 0.3) is 15.9 Å². The van der Waals surface area contributed by atoms with Gasteiger partial charge in [-0.25, -0.2) is 8.42 Å². The summed E-state index contributed by atoms with van der Waals surface area (Å²) in [5.74, 6) is -0.0925. The van der Waals surface area contributed by atoms with Crippen LogP contribution in [-0.4, -0.2) is 25.8 Å². The van der Waals surface area contributed by atoms with E-state index in [1.165, 1.54) is 22.6 Å². The lowest BCUT2D eigenvalue weighted by Crippen LogP contribution is -2.38. The van der Waals surface area contributed by atoms with E-state index >= 15 is 0 Å². The standard InChI is InChI=1S/C21H20N2O3S2/c1-15-19-11-13-27-20(19)10-12-23(15)21(24)16-6-5-7-17(14-16)22-28(25,26)18-8-3-2-4-9-18/h2-9,11,13-15,22H,10,12H2,1H3/t15-/m0/s1. The highest BCUT2D eigenvalue weighted by Crippen LogP contribution is 2.33. The molecule has 144 valence electrons. The van der Waals surface area contributed by atoms with Crippen molar-refractivity contribution in [3.05, 3.63) is 82.0 Å². The molecule has 0 aliphatic carbocycles. The zero-order valence-electron chi connectivity index (χ0n) is 15.3. The Labute approximate surface area is 168 Å². The Morgan fingerprint density at radius 1 is 1.11 bits per heavy atom. The van der Waals surface area contributed by atoms with Crippen LogP contribution in [0.15, 0.2) is 70.9 Å². The summed E-state index contributed by atoms with van der Waals surface area (Å²) in [6, 6.07) is 16.9. The molecule has 0 fully saturated rings. The summed E-state index contributed by atoms with van der Waals surface area (Å²) < 4.78 is 27.6. The third kappa shape index (κ3) is 3.55. The van der Waals surface area contributed by atoms with E-state index in [-0.39, 0.29) is 16.8 Å². The highest BCUT2D eigenvalue weighted by Gasteiger charge is 2.29. The normalized spacial score (nSPS) is 16.5. The van der Waals surface area contributed by atoms with E-state index in [0.29, 0.717) is 17.8 Å². The van der Waals surface area contributed by atoms with Crippen LogP contribution in [0.25, 0.3) is 0 Å². The second-order valence-electron chi connectivity index (χ2n) is 6.72. The minimum atomic E-state index is -3.70. The van der Waals surface area contributed by atoms with Crippen molar-refractivity contribution in [3.8, 4) is 0 Å². The van der Waals surface area contributed by atoms with Gasteiger partial charge in [-0.1, -0.05) is 24.3 Å². The third-order valence-electron chi connectivity index (χ3n) is 4.95. The molecule has 0 spiro atoms. The zero-order chi connectivity index (χ0) is 19.7. The fourth-order valence-corrected chi connectivity index (χ4v) is 5.52. The number of carbonyl (C=O) groups excluding carboxylic acids is 1. The fourth-order valence-electron chi connectivity index (χ4n) is 3.48. The second-order valence-corrected chi connectivity index (χ2v) is 9.41. The molecule has 1 amide bonds. The smallest absolute Gasteiger partial charge is 0.261 e. The Morgan fingerprint density at radius 2 is 1.89 bits per heavy atom. The first-order chi connectivity index (χ1) is 13.5. The van der Waals surface area contributed by atoms with Crippen molar-refractivity contribution in [1.82, 2.24) is 4.90 Å².